The van der Waals surface area contributed by atoms with Gasteiger partial charge in [-0.25, -0.2) is 13.2 Å². The summed E-state index contributed by atoms with van der Waals surface area (Å²) >= 11 is 0. The van der Waals surface area contributed by atoms with Crippen molar-refractivity contribution in [3.63, 3.8) is 0 Å². The second kappa shape index (κ2) is 9.87. The molecule has 172 valence electrons. The molecular formula is C25H26N2O5S. The first-order valence-electron chi connectivity index (χ1n) is 10.4. The van der Waals surface area contributed by atoms with Crippen LogP contribution < -0.4 is 10.0 Å². The van der Waals surface area contributed by atoms with E-state index >= 15 is 0 Å². The molecular weight excluding hydrogens is 440 g/mol. The van der Waals surface area contributed by atoms with Gasteiger partial charge in [-0.15, -0.1) is 0 Å². The van der Waals surface area contributed by atoms with Gasteiger partial charge in [0.2, 0.25) is 0 Å². The summed E-state index contributed by atoms with van der Waals surface area (Å²) in [6.45, 7) is 7.32. The second-order valence-electron chi connectivity index (χ2n) is 7.66. The molecule has 7 nitrogen and oxygen atoms in total. The standard InChI is InChI=1S/C25H26N2O5S/c1-5-32-25(29)20-7-6-8-21(14-20)26-24(28)19-12-11-18(4)23(15-19)33(30,31)27-22-13-16(2)9-10-17(22)3/h6-15,27H,5H2,1-4H3,(H,26,28). The lowest BCUT2D eigenvalue weighted by atomic mass is 10.1. The smallest absolute Gasteiger partial charge is 0.338 e. The topological polar surface area (TPSA) is 102 Å². The van der Waals surface area contributed by atoms with Gasteiger partial charge in [-0.3, -0.25) is 9.52 Å². The minimum absolute atomic E-state index is 0.0105. The molecule has 0 radical (unpaired) electrons. The van der Waals surface area contributed by atoms with Gasteiger partial charge >= 0.3 is 5.97 Å². The Kier molecular flexibility index (Phi) is 7.18. The Morgan fingerprint density at radius 3 is 2.33 bits per heavy atom. The molecule has 0 aliphatic rings. The maximum Gasteiger partial charge on any atom is 0.338 e. The van der Waals surface area contributed by atoms with Crippen LogP contribution in [0.15, 0.2) is 65.6 Å². The number of sulfonamides is 1. The van der Waals surface area contributed by atoms with Crippen molar-refractivity contribution in [3.8, 4) is 0 Å². The van der Waals surface area contributed by atoms with E-state index in [0.717, 1.165) is 11.1 Å². The van der Waals surface area contributed by atoms with Gasteiger partial charge in [0.05, 0.1) is 22.8 Å². The lowest BCUT2D eigenvalue weighted by Gasteiger charge is -2.14. The highest BCUT2D eigenvalue weighted by Gasteiger charge is 2.20. The van der Waals surface area contributed by atoms with E-state index in [2.05, 4.69) is 10.0 Å². The Balaban J connectivity index is 1.86. The zero-order valence-electron chi connectivity index (χ0n) is 18.9. The highest BCUT2D eigenvalue weighted by Crippen LogP contribution is 2.24. The predicted molar refractivity (Wildman–Crippen MR) is 128 cm³/mol. The number of amides is 1. The SMILES string of the molecule is CCOC(=O)c1cccc(NC(=O)c2ccc(C)c(S(=O)(=O)Nc3cc(C)ccc3C)c2)c1. The first kappa shape index (κ1) is 24.0. The summed E-state index contributed by atoms with van der Waals surface area (Å²) in [5, 5.41) is 2.70. The van der Waals surface area contributed by atoms with Crippen LogP contribution in [0.25, 0.3) is 0 Å². The first-order valence-corrected chi connectivity index (χ1v) is 11.9. The molecule has 1 amide bonds. The fraction of sp³-hybridized carbons (Fsp3) is 0.200. The Morgan fingerprint density at radius 1 is 0.879 bits per heavy atom. The number of aryl methyl sites for hydroxylation is 3. The van der Waals surface area contributed by atoms with Gasteiger partial charge < -0.3 is 10.1 Å². The highest BCUT2D eigenvalue weighted by molar-refractivity contribution is 7.92. The molecule has 33 heavy (non-hydrogen) atoms. The van der Waals surface area contributed by atoms with Crippen molar-refractivity contribution in [2.24, 2.45) is 0 Å². The summed E-state index contributed by atoms with van der Waals surface area (Å²) in [5.74, 6) is -0.992. The second-order valence-corrected chi connectivity index (χ2v) is 9.31. The van der Waals surface area contributed by atoms with Crippen molar-refractivity contribution in [1.29, 1.82) is 0 Å². The van der Waals surface area contributed by atoms with E-state index in [4.69, 9.17) is 4.74 Å². The van der Waals surface area contributed by atoms with Gasteiger partial charge in [-0.2, -0.15) is 0 Å². The summed E-state index contributed by atoms with van der Waals surface area (Å²) in [6.07, 6.45) is 0. The number of carbonyl (C=O) groups is 2. The fourth-order valence-corrected chi connectivity index (χ4v) is 4.61. The highest BCUT2D eigenvalue weighted by atomic mass is 32.2. The molecule has 3 rings (SSSR count). The van der Waals surface area contributed by atoms with Crippen LogP contribution in [0, 0.1) is 20.8 Å². The monoisotopic (exact) mass is 466 g/mol. The third-order valence-electron chi connectivity index (χ3n) is 5.01. The summed E-state index contributed by atoms with van der Waals surface area (Å²) < 4.78 is 33.8. The van der Waals surface area contributed by atoms with E-state index in [1.165, 1.54) is 12.1 Å². The number of anilines is 2. The number of benzene rings is 3. The van der Waals surface area contributed by atoms with Gasteiger partial charge in [-0.1, -0.05) is 24.3 Å². The molecule has 0 unspecified atom stereocenters. The number of ether oxygens (including phenoxy) is 1. The van der Waals surface area contributed by atoms with Crippen LogP contribution >= 0.6 is 0 Å². The van der Waals surface area contributed by atoms with Crippen molar-refractivity contribution in [2.45, 2.75) is 32.6 Å². The summed E-state index contributed by atoms with van der Waals surface area (Å²) in [7, 11) is -3.93. The minimum Gasteiger partial charge on any atom is -0.462 e. The average molecular weight is 467 g/mol. The normalized spacial score (nSPS) is 11.0. The zero-order chi connectivity index (χ0) is 24.2. The molecule has 0 atom stereocenters. The molecule has 0 heterocycles. The van der Waals surface area contributed by atoms with Gasteiger partial charge in [0.25, 0.3) is 15.9 Å². The van der Waals surface area contributed by atoms with Crippen LogP contribution in [0.2, 0.25) is 0 Å². The lowest BCUT2D eigenvalue weighted by molar-refractivity contribution is 0.0526. The molecule has 0 saturated heterocycles. The Morgan fingerprint density at radius 2 is 1.61 bits per heavy atom. The van der Waals surface area contributed by atoms with E-state index in [9.17, 15) is 18.0 Å². The third kappa shape index (κ3) is 5.78. The van der Waals surface area contributed by atoms with Crippen LogP contribution in [-0.4, -0.2) is 26.9 Å². The van der Waals surface area contributed by atoms with Crippen molar-refractivity contribution in [3.05, 3.63) is 88.5 Å². The van der Waals surface area contributed by atoms with Crippen LogP contribution in [0.1, 0.15) is 44.3 Å². The van der Waals surface area contributed by atoms with Gasteiger partial charge in [0.1, 0.15) is 0 Å². The Labute approximate surface area is 193 Å². The summed E-state index contributed by atoms with van der Waals surface area (Å²) in [4.78, 5) is 24.8. The Hall–Kier alpha value is -3.65. The lowest BCUT2D eigenvalue weighted by Crippen LogP contribution is -2.18. The minimum atomic E-state index is -3.93. The van der Waals surface area contributed by atoms with Gasteiger partial charge in [0.15, 0.2) is 0 Å². The number of hydrogen-bond donors (Lipinski definition) is 2. The van der Waals surface area contributed by atoms with Crippen LogP contribution in [0.4, 0.5) is 11.4 Å². The van der Waals surface area contributed by atoms with Gasteiger partial charge in [-0.05, 0) is 80.8 Å². The number of nitrogens with one attached hydrogen (secondary N) is 2. The number of hydrogen-bond acceptors (Lipinski definition) is 5. The molecule has 0 saturated carbocycles. The number of rotatable bonds is 7. The predicted octanol–water partition coefficient (Wildman–Crippen LogP) is 4.84. The van der Waals surface area contributed by atoms with Crippen LogP contribution in [0.5, 0.6) is 0 Å². The zero-order valence-corrected chi connectivity index (χ0v) is 19.7. The van der Waals surface area contributed by atoms with E-state index in [0.29, 0.717) is 22.5 Å². The average Bonchev–Trinajstić information content (AvgIpc) is 2.76. The summed E-state index contributed by atoms with van der Waals surface area (Å²) in [6, 6.07) is 16.3. The molecule has 2 N–H and O–H groups in total. The summed E-state index contributed by atoms with van der Waals surface area (Å²) in [5.41, 5.74) is 3.58. The molecule has 3 aromatic carbocycles. The largest absolute Gasteiger partial charge is 0.462 e. The quantitative estimate of drug-likeness (QED) is 0.485. The van der Waals surface area contributed by atoms with Crippen molar-refractivity contribution < 1.29 is 22.7 Å². The van der Waals surface area contributed by atoms with Crippen molar-refractivity contribution >= 4 is 33.3 Å². The first-order chi connectivity index (χ1) is 15.6. The molecule has 0 aliphatic carbocycles. The molecule has 0 fully saturated rings. The van der Waals surface area contributed by atoms with Gasteiger partial charge in [0, 0.05) is 11.3 Å². The van der Waals surface area contributed by atoms with E-state index in [1.807, 2.05) is 26.0 Å². The van der Waals surface area contributed by atoms with Crippen LogP contribution in [-0.2, 0) is 14.8 Å². The van der Waals surface area contributed by atoms with Crippen LogP contribution in [0.3, 0.4) is 0 Å². The van der Waals surface area contributed by atoms with Crippen molar-refractivity contribution in [1.82, 2.24) is 0 Å². The molecule has 0 bridgehead atoms. The fourth-order valence-electron chi connectivity index (χ4n) is 3.22. The maximum atomic E-state index is 13.1. The van der Waals surface area contributed by atoms with E-state index in [1.54, 1.807) is 50.2 Å². The molecule has 8 heteroatoms. The number of carbonyl (C=O) groups excluding carboxylic acids is 2. The Bertz CT molecular complexity index is 1320. The molecule has 0 aromatic heterocycles. The van der Waals surface area contributed by atoms with Crippen molar-refractivity contribution in [2.75, 3.05) is 16.6 Å². The molecule has 0 aliphatic heterocycles. The van der Waals surface area contributed by atoms with E-state index in [-0.39, 0.29) is 17.1 Å². The molecule has 3 aromatic rings. The molecule has 0 spiro atoms. The number of esters is 1. The third-order valence-corrected chi connectivity index (χ3v) is 6.52. The maximum absolute atomic E-state index is 13.1. The van der Waals surface area contributed by atoms with E-state index < -0.39 is 21.9 Å².